The van der Waals surface area contributed by atoms with Gasteiger partial charge >= 0.3 is 0 Å². The molecule has 118 valence electrons. The number of anilines is 1. The summed E-state index contributed by atoms with van der Waals surface area (Å²) in [6, 6.07) is 13.8. The summed E-state index contributed by atoms with van der Waals surface area (Å²) in [6.07, 6.45) is 4.48. The lowest BCUT2D eigenvalue weighted by atomic mass is 10.2. The molecular formula is C17H15N7. The summed E-state index contributed by atoms with van der Waals surface area (Å²) >= 11 is 0. The highest BCUT2D eigenvalue weighted by molar-refractivity contribution is 5.83. The summed E-state index contributed by atoms with van der Waals surface area (Å²) in [6.45, 7) is 0.721. The van der Waals surface area contributed by atoms with Crippen LogP contribution in [0.15, 0.2) is 54.9 Å². The Morgan fingerprint density at radius 3 is 2.71 bits per heavy atom. The minimum atomic E-state index is 0.549. The van der Waals surface area contributed by atoms with Crippen molar-refractivity contribution in [2.24, 2.45) is 0 Å². The lowest BCUT2D eigenvalue weighted by Gasteiger charge is -2.07. The van der Waals surface area contributed by atoms with Crippen LogP contribution in [0, 0.1) is 0 Å². The van der Waals surface area contributed by atoms with E-state index in [1.807, 2.05) is 42.6 Å². The molecular weight excluding hydrogens is 302 g/mol. The Morgan fingerprint density at radius 2 is 1.88 bits per heavy atom. The number of H-pyrrole nitrogens is 1. The molecule has 0 saturated carbocycles. The highest BCUT2D eigenvalue weighted by atomic mass is 15.4. The van der Waals surface area contributed by atoms with Gasteiger partial charge in [0.15, 0.2) is 17.2 Å². The molecule has 4 aromatic rings. The van der Waals surface area contributed by atoms with Crippen molar-refractivity contribution < 1.29 is 0 Å². The molecule has 1 aromatic carbocycles. The molecule has 4 rings (SSSR count). The number of rotatable bonds is 5. The number of aromatic amines is 1. The van der Waals surface area contributed by atoms with Crippen molar-refractivity contribution in [3.8, 4) is 11.4 Å². The first-order chi connectivity index (χ1) is 11.9. The molecule has 3 aromatic heterocycles. The Balaban J connectivity index is 1.60. The second-order valence-corrected chi connectivity index (χ2v) is 5.30. The molecule has 0 amide bonds. The lowest BCUT2D eigenvalue weighted by molar-refractivity contribution is 0.953. The third-order valence-corrected chi connectivity index (χ3v) is 3.64. The zero-order chi connectivity index (χ0) is 16.2. The number of fused-ring (bicyclic) bond motifs is 1. The molecule has 0 bridgehead atoms. The van der Waals surface area contributed by atoms with Gasteiger partial charge in [0.1, 0.15) is 0 Å². The van der Waals surface area contributed by atoms with Gasteiger partial charge in [0.05, 0.1) is 0 Å². The molecule has 0 radical (unpaired) electrons. The van der Waals surface area contributed by atoms with Crippen LogP contribution in [0.4, 0.5) is 5.82 Å². The first-order valence-electron chi connectivity index (χ1n) is 7.67. The van der Waals surface area contributed by atoms with Crippen LogP contribution in [0.25, 0.3) is 22.6 Å². The van der Waals surface area contributed by atoms with E-state index >= 15 is 0 Å². The summed E-state index contributed by atoms with van der Waals surface area (Å²) in [5, 5.41) is 14.2. The van der Waals surface area contributed by atoms with Gasteiger partial charge in [-0.2, -0.15) is 10.3 Å². The van der Waals surface area contributed by atoms with Crippen LogP contribution in [0.2, 0.25) is 0 Å². The van der Waals surface area contributed by atoms with Gasteiger partial charge in [-0.3, -0.25) is 4.98 Å². The number of nitrogens with zero attached hydrogens (tertiary/aromatic N) is 5. The van der Waals surface area contributed by atoms with E-state index in [0.29, 0.717) is 22.8 Å². The van der Waals surface area contributed by atoms with Gasteiger partial charge < -0.3 is 5.32 Å². The number of aromatic nitrogens is 6. The zero-order valence-electron chi connectivity index (χ0n) is 12.8. The number of benzene rings is 1. The maximum Gasteiger partial charge on any atom is 0.207 e. The molecule has 7 heteroatoms. The summed E-state index contributed by atoms with van der Waals surface area (Å²) in [5.74, 6) is 1.30. The maximum atomic E-state index is 4.61. The largest absolute Gasteiger partial charge is 0.368 e. The minimum Gasteiger partial charge on any atom is -0.368 e. The number of pyridine rings is 1. The van der Waals surface area contributed by atoms with Crippen LogP contribution in [-0.4, -0.2) is 36.9 Å². The Bertz CT molecular complexity index is 935. The second-order valence-electron chi connectivity index (χ2n) is 5.30. The highest BCUT2D eigenvalue weighted by Gasteiger charge is 2.12. The van der Waals surface area contributed by atoms with Gasteiger partial charge in [0, 0.05) is 24.5 Å². The van der Waals surface area contributed by atoms with Crippen molar-refractivity contribution in [2.45, 2.75) is 6.42 Å². The monoisotopic (exact) mass is 317 g/mol. The van der Waals surface area contributed by atoms with Gasteiger partial charge in [0.2, 0.25) is 5.65 Å². The Hall–Kier alpha value is -3.35. The quantitative estimate of drug-likeness (QED) is 0.587. The van der Waals surface area contributed by atoms with E-state index in [4.69, 9.17) is 0 Å². The molecule has 7 nitrogen and oxygen atoms in total. The summed E-state index contributed by atoms with van der Waals surface area (Å²) in [4.78, 5) is 13.2. The molecule has 0 atom stereocenters. The maximum absolute atomic E-state index is 4.61. The fourth-order valence-electron chi connectivity index (χ4n) is 2.46. The van der Waals surface area contributed by atoms with Crippen molar-refractivity contribution in [3.05, 3.63) is 60.4 Å². The predicted molar refractivity (Wildman–Crippen MR) is 91.3 cm³/mol. The SMILES string of the molecule is c1ccc(-c2nc(NCCc3cccnc3)c3n[nH]nc3n2)cc1. The van der Waals surface area contributed by atoms with Gasteiger partial charge in [0.25, 0.3) is 0 Å². The molecule has 0 spiro atoms. The van der Waals surface area contributed by atoms with Crippen LogP contribution in [0.5, 0.6) is 0 Å². The van der Waals surface area contributed by atoms with Crippen LogP contribution in [0.3, 0.4) is 0 Å². The van der Waals surface area contributed by atoms with E-state index < -0.39 is 0 Å². The Kier molecular flexibility index (Phi) is 3.81. The molecule has 2 N–H and O–H groups in total. The zero-order valence-corrected chi connectivity index (χ0v) is 12.8. The van der Waals surface area contributed by atoms with E-state index in [1.165, 1.54) is 5.56 Å². The third kappa shape index (κ3) is 2.91. The van der Waals surface area contributed by atoms with Crippen molar-refractivity contribution in [1.82, 2.24) is 30.4 Å². The van der Waals surface area contributed by atoms with Gasteiger partial charge in [-0.1, -0.05) is 36.4 Å². The molecule has 0 saturated heterocycles. The minimum absolute atomic E-state index is 0.549. The fourth-order valence-corrected chi connectivity index (χ4v) is 2.46. The third-order valence-electron chi connectivity index (χ3n) is 3.64. The molecule has 24 heavy (non-hydrogen) atoms. The van der Waals surface area contributed by atoms with E-state index in [2.05, 4.69) is 41.7 Å². The lowest BCUT2D eigenvalue weighted by Crippen LogP contribution is -2.08. The Labute approximate surface area is 138 Å². The first-order valence-corrected chi connectivity index (χ1v) is 7.67. The molecule has 0 unspecified atom stereocenters. The average Bonchev–Trinajstić information content (AvgIpc) is 3.12. The molecule has 3 heterocycles. The molecule has 0 aliphatic carbocycles. The Morgan fingerprint density at radius 1 is 0.958 bits per heavy atom. The van der Waals surface area contributed by atoms with Crippen LogP contribution in [0.1, 0.15) is 5.56 Å². The number of nitrogens with one attached hydrogen (secondary N) is 2. The first kappa shape index (κ1) is 14.3. The van der Waals surface area contributed by atoms with Gasteiger partial charge in [-0.25, -0.2) is 9.97 Å². The highest BCUT2D eigenvalue weighted by Crippen LogP contribution is 2.21. The van der Waals surface area contributed by atoms with Gasteiger partial charge in [-0.05, 0) is 18.1 Å². The summed E-state index contributed by atoms with van der Waals surface area (Å²) < 4.78 is 0. The summed E-state index contributed by atoms with van der Waals surface area (Å²) in [5.41, 5.74) is 3.30. The topological polar surface area (TPSA) is 92.3 Å². The van der Waals surface area contributed by atoms with E-state index in [1.54, 1.807) is 6.20 Å². The van der Waals surface area contributed by atoms with E-state index in [9.17, 15) is 0 Å². The standard InChI is InChI=1S/C17H15N7/c1-2-6-13(7-3-1)15-20-16(14-17(21-15)23-24-22-14)19-10-8-12-5-4-9-18-11-12/h1-7,9,11H,8,10H2,(H2,19,20,21,22,23,24). The van der Waals surface area contributed by atoms with Crippen LogP contribution < -0.4 is 5.32 Å². The fraction of sp³-hybridized carbons (Fsp3) is 0.118. The van der Waals surface area contributed by atoms with E-state index in [-0.39, 0.29) is 0 Å². The van der Waals surface area contributed by atoms with Crippen molar-refractivity contribution in [1.29, 1.82) is 0 Å². The smallest absolute Gasteiger partial charge is 0.207 e. The molecule has 0 fully saturated rings. The summed E-state index contributed by atoms with van der Waals surface area (Å²) in [7, 11) is 0. The van der Waals surface area contributed by atoms with E-state index in [0.717, 1.165) is 18.5 Å². The second kappa shape index (κ2) is 6.41. The molecule has 0 aliphatic rings. The average molecular weight is 317 g/mol. The van der Waals surface area contributed by atoms with Crippen LogP contribution >= 0.6 is 0 Å². The normalized spacial score (nSPS) is 10.8. The number of hydrogen-bond acceptors (Lipinski definition) is 6. The predicted octanol–water partition coefficient (Wildman–Crippen LogP) is 2.46. The van der Waals surface area contributed by atoms with Gasteiger partial charge in [-0.15, -0.1) is 5.10 Å². The molecule has 0 aliphatic heterocycles. The van der Waals surface area contributed by atoms with Crippen LogP contribution in [-0.2, 0) is 6.42 Å². The number of hydrogen-bond donors (Lipinski definition) is 2. The van der Waals surface area contributed by atoms with Crippen molar-refractivity contribution in [3.63, 3.8) is 0 Å². The van der Waals surface area contributed by atoms with Crippen molar-refractivity contribution in [2.75, 3.05) is 11.9 Å². The van der Waals surface area contributed by atoms with Crippen molar-refractivity contribution >= 4 is 17.0 Å².